The molecule has 0 N–H and O–H groups in total. The van der Waals surface area contributed by atoms with Gasteiger partial charge in [0.15, 0.2) is 5.76 Å². The van der Waals surface area contributed by atoms with Crippen LogP contribution >= 0.6 is 11.6 Å². The van der Waals surface area contributed by atoms with E-state index in [1.54, 1.807) is 23.2 Å². The molecule has 3 aromatic rings. The number of amides is 1. The first kappa shape index (κ1) is 30.9. The van der Waals surface area contributed by atoms with Crippen LogP contribution < -0.4 is 20.1 Å². The average Bonchev–Trinajstić information content (AvgIpc) is 3.58. The first-order chi connectivity index (χ1) is 21.0. The number of anilines is 2. The Bertz CT molecular complexity index is 1360. The van der Waals surface area contributed by atoms with Gasteiger partial charge in [0.25, 0.3) is 11.5 Å². The van der Waals surface area contributed by atoms with Crippen LogP contribution in [0, 0.1) is 0 Å². The summed E-state index contributed by atoms with van der Waals surface area (Å²) in [6.45, 7) is 10.6. The topological polar surface area (TPSA) is 87.3 Å². The molecule has 4 heterocycles. The van der Waals surface area contributed by atoms with Crippen LogP contribution in [0.15, 0.2) is 58.1 Å². The van der Waals surface area contributed by atoms with Crippen molar-refractivity contribution in [3.63, 3.8) is 0 Å². The second-order valence-corrected chi connectivity index (χ2v) is 11.5. The van der Waals surface area contributed by atoms with E-state index in [0.717, 1.165) is 57.7 Å². The number of para-hydroxylation sites is 2. The second-order valence-electron chi connectivity index (χ2n) is 11.1. The molecule has 43 heavy (non-hydrogen) atoms. The SMILES string of the molecule is CCOc1ccccc1N1CCN(CCCCCCCn2ncc(Cl)c(N3CCN(C(=O)c4ccco4)CC3)c2=O)CC1. The van der Waals surface area contributed by atoms with Crippen LogP contribution in [0.25, 0.3) is 0 Å². The lowest BCUT2D eigenvalue weighted by atomic mass is 10.1. The number of carbonyl (C=O) groups is 1. The number of nitrogens with zero attached hydrogens (tertiary/aromatic N) is 6. The van der Waals surface area contributed by atoms with Gasteiger partial charge >= 0.3 is 0 Å². The summed E-state index contributed by atoms with van der Waals surface area (Å²) >= 11 is 6.43. The molecular weight excluding hydrogens is 568 g/mol. The third kappa shape index (κ3) is 7.92. The normalized spacial score (nSPS) is 16.1. The van der Waals surface area contributed by atoms with Crippen molar-refractivity contribution in [2.24, 2.45) is 0 Å². The van der Waals surface area contributed by atoms with E-state index in [9.17, 15) is 9.59 Å². The van der Waals surface area contributed by atoms with Crippen LogP contribution in [0.3, 0.4) is 0 Å². The fourth-order valence-electron chi connectivity index (χ4n) is 5.93. The van der Waals surface area contributed by atoms with E-state index < -0.39 is 0 Å². The van der Waals surface area contributed by atoms with Gasteiger partial charge in [-0.15, -0.1) is 0 Å². The standard InChI is InChI=1S/C32H43ClN6O4/c1-2-42-28-12-7-6-11-27(28)36-18-16-35(17-19-36)14-8-4-3-5-9-15-39-32(41)30(26(33)25-34-39)37-20-22-38(23-21-37)31(40)29-13-10-24-43-29/h6-7,10-13,24-25H,2-5,8-9,14-23H2,1H3. The zero-order chi connectivity index (χ0) is 30.0. The Kier molecular flexibility index (Phi) is 11.0. The molecule has 0 saturated carbocycles. The predicted octanol–water partition coefficient (Wildman–Crippen LogP) is 4.62. The lowest BCUT2D eigenvalue weighted by Gasteiger charge is -2.36. The van der Waals surface area contributed by atoms with Gasteiger partial charge in [0.05, 0.1) is 29.8 Å². The molecule has 2 fully saturated rings. The molecule has 0 radical (unpaired) electrons. The zero-order valence-corrected chi connectivity index (χ0v) is 25.9. The predicted molar refractivity (Wildman–Crippen MR) is 170 cm³/mol. The van der Waals surface area contributed by atoms with Crippen LogP contribution in [-0.2, 0) is 6.54 Å². The molecule has 0 bridgehead atoms. The Hall–Kier alpha value is -3.50. The Morgan fingerprint density at radius 3 is 2.30 bits per heavy atom. The first-order valence-electron chi connectivity index (χ1n) is 15.6. The monoisotopic (exact) mass is 610 g/mol. The highest BCUT2D eigenvalue weighted by Crippen LogP contribution is 2.29. The Balaban J connectivity index is 0.993. The lowest BCUT2D eigenvalue weighted by molar-refractivity contribution is 0.0714. The molecule has 0 atom stereocenters. The average molecular weight is 611 g/mol. The summed E-state index contributed by atoms with van der Waals surface area (Å²) in [5.74, 6) is 1.17. The Labute approximate surface area is 258 Å². The maximum atomic E-state index is 13.3. The van der Waals surface area contributed by atoms with Crippen LogP contribution in [-0.4, -0.2) is 91.0 Å². The van der Waals surface area contributed by atoms with E-state index in [-0.39, 0.29) is 11.5 Å². The Morgan fingerprint density at radius 2 is 1.58 bits per heavy atom. The smallest absolute Gasteiger partial charge is 0.291 e. The van der Waals surface area contributed by atoms with Crippen molar-refractivity contribution < 1.29 is 13.9 Å². The minimum absolute atomic E-state index is 0.134. The lowest BCUT2D eigenvalue weighted by Crippen LogP contribution is -2.50. The Morgan fingerprint density at radius 1 is 0.884 bits per heavy atom. The number of aryl methyl sites for hydroxylation is 1. The molecule has 2 aliphatic rings. The van der Waals surface area contributed by atoms with Gasteiger partial charge < -0.3 is 23.9 Å². The molecular formula is C32H43ClN6O4. The quantitative estimate of drug-likeness (QED) is 0.259. The summed E-state index contributed by atoms with van der Waals surface area (Å²) in [4.78, 5) is 34.5. The van der Waals surface area contributed by atoms with E-state index >= 15 is 0 Å². The molecule has 11 heteroatoms. The molecule has 0 aliphatic carbocycles. The van der Waals surface area contributed by atoms with Crippen LogP contribution in [0.1, 0.15) is 49.6 Å². The summed E-state index contributed by atoms with van der Waals surface area (Å²) in [7, 11) is 0. The minimum atomic E-state index is -0.165. The number of benzene rings is 1. The number of furan rings is 1. The number of piperazine rings is 2. The van der Waals surface area contributed by atoms with Gasteiger partial charge in [0.2, 0.25) is 0 Å². The number of rotatable bonds is 13. The van der Waals surface area contributed by atoms with Crippen molar-refractivity contribution in [1.82, 2.24) is 19.6 Å². The second kappa shape index (κ2) is 15.3. The summed E-state index contributed by atoms with van der Waals surface area (Å²) in [6, 6.07) is 11.7. The molecule has 10 nitrogen and oxygen atoms in total. The number of aromatic nitrogens is 2. The maximum absolute atomic E-state index is 13.3. The summed E-state index contributed by atoms with van der Waals surface area (Å²) < 4.78 is 12.6. The number of carbonyl (C=O) groups excluding carboxylic acids is 1. The first-order valence-corrected chi connectivity index (χ1v) is 16.0. The number of unbranched alkanes of at least 4 members (excludes halogenated alkanes) is 4. The number of halogens is 1. The molecule has 2 saturated heterocycles. The summed E-state index contributed by atoms with van der Waals surface area (Å²) in [5, 5.41) is 4.65. The van der Waals surface area contributed by atoms with Crippen molar-refractivity contribution in [3.05, 3.63) is 70.0 Å². The summed E-state index contributed by atoms with van der Waals surface area (Å²) in [5.41, 5.74) is 1.51. The van der Waals surface area contributed by atoms with Crippen molar-refractivity contribution in [3.8, 4) is 5.75 Å². The van der Waals surface area contributed by atoms with Gasteiger partial charge in [-0.1, -0.05) is 43.0 Å². The molecule has 1 aromatic carbocycles. The minimum Gasteiger partial charge on any atom is -0.492 e. The van der Waals surface area contributed by atoms with Crippen molar-refractivity contribution in [2.75, 3.05) is 75.3 Å². The van der Waals surface area contributed by atoms with E-state index in [1.807, 2.05) is 17.9 Å². The van der Waals surface area contributed by atoms with Crippen molar-refractivity contribution in [1.29, 1.82) is 0 Å². The molecule has 1 amide bonds. The van der Waals surface area contributed by atoms with Crippen LogP contribution in [0.4, 0.5) is 11.4 Å². The van der Waals surface area contributed by atoms with Crippen molar-refractivity contribution in [2.45, 2.75) is 45.6 Å². The van der Waals surface area contributed by atoms with Crippen molar-refractivity contribution >= 4 is 28.9 Å². The zero-order valence-electron chi connectivity index (χ0n) is 25.1. The molecule has 2 aliphatic heterocycles. The van der Waals surface area contributed by atoms with E-state index in [2.05, 4.69) is 33.1 Å². The highest BCUT2D eigenvalue weighted by atomic mass is 35.5. The number of hydrogen-bond donors (Lipinski definition) is 0. The molecule has 2 aromatic heterocycles. The van der Waals surface area contributed by atoms with E-state index in [0.29, 0.717) is 55.8 Å². The fraction of sp³-hybridized carbons (Fsp3) is 0.531. The van der Waals surface area contributed by atoms with E-state index in [4.69, 9.17) is 20.8 Å². The number of ether oxygens (including phenoxy) is 1. The largest absolute Gasteiger partial charge is 0.492 e. The highest BCUT2D eigenvalue weighted by Gasteiger charge is 2.27. The van der Waals surface area contributed by atoms with Gasteiger partial charge in [0.1, 0.15) is 11.4 Å². The van der Waals surface area contributed by atoms with Gasteiger partial charge in [-0.25, -0.2) is 4.68 Å². The molecule has 5 rings (SSSR count). The van der Waals surface area contributed by atoms with Gasteiger partial charge in [-0.3, -0.25) is 14.5 Å². The van der Waals surface area contributed by atoms with Gasteiger partial charge in [0, 0.05) is 58.9 Å². The van der Waals surface area contributed by atoms with Crippen LogP contribution in [0.2, 0.25) is 5.02 Å². The summed E-state index contributed by atoms with van der Waals surface area (Å²) in [6.07, 6.45) is 8.53. The van der Waals surface area contributed by atoms with Gasteiger partial charge in [-0.2, -0.15) is 5.10 Å². The van der Waals surface area contributed by atoms with Gasteiger partial charge in [-0.05, 0) is 50.6 Å². The van der Waals surface area contributed by atoms with Crippen LogP contribution in [0.5, 0.6) is 5.75 Å². The molecule has 232 valence electrons. The van der Waals surface area contributed by atoms with E-state index in [1.165, 1.54) is 29.5 Å². The maximum Gasteiger partial charge on any atom is 0.291 e. The number of hydrogen-bond acceptors (Lipinski definition) is 8. The fourth-order valence-corrected chi connectivity index (χ4v) is 6.17. The highest BCUT2D eigenvalue weighted by molar-refractivity contribution is 6.33. The molecule has 0 unspecified atom stereocenters. The molecule has 0 spiro atoms. The third-order valence-electron chi connectivity index (χ3n) is 8.31. The third-order valence-corrected chi connectivity index (χ3v) is 8.59.